The Labute approximate surface area is 241 Å². The lowest BCUT2D eigenvalue weighted by Crippen LogP contribution is -2.56. The molecule has 41 heavy (non-hydrogen) atoms. The summed E-state index contributed by atoms with van der Waals surface area (Å²) < 4.78 is 11.3. The monoisotopic (exact) mass is 558 g/mol. The summed E-state index contributed by atoms with van der Waals surface area (Å²) in [5, 5.41) is 17.4. The molecule has 8 heteroatoms. The Morgan fingerprint density at radius 3 is 1.85 bits per heavy atom. The molecule has 1 fully saturated rings. The van der Waals surface area contributed by atoms with Crippen LogP contribution in [0.2, 0.25) is 0 Å². The Hall–Kier alpha value is -4.17. The average Bonchev–Trinajstić information content (AvgIpc) is 2.94. The number of carbonyl (C=O) groups excluding carboxylic acids is 3. The zero-order chi connectivity index (χ0) is 29.6. The highest BCUT2D eigenvalue weighted by molar-refractivity contribution is 6.11. The van der Waals surface area contributed by atoms with Crippen LogP contribution in [0.5, 0.6) is 11.5 Å². The van der Waals surface area contributed by atoms with Gasteiger partial charge in [-0.25, -0.2) is 0 Å². The van der Waals surface area contributed by atoms with E-state index >= 15 is 0 Å². The molecule has 3 aromatic rings. The molecule has 3 N–H and O–H groups in total. The van der Waals surface area contributed by atoms with Crippen molar-refractivity contribution in [2.24, 2.45) is 11.8 Å². The largest absolute Gasteiger partial charge is 0.492 e. The summed E-state index contributed by atoms with van der Waals surface area (Å²) in [6.45, 7) is 8.00. The second-order valence-corrected chi connectivity index (χ2v) is 10.4. The van der Waals surface area contributed by atoms with Crippen molar-refractivity contribution in [3.63, 3.8) is 0 Å². The second kappa shape index (κ2) is 13.0. The number of aryl methyl sites for hydroxylation is 1. The summed E-state index contributed by atoms with van der Waals surface area (Å²) in [5.74, 6) is -3.83. The maximum absolute atomic E-state index is 14.0. The van der Waals surface area contributed by atoms with E-state index in [2.05, 4.69) is 10.6 Å². The molecule has 0 heterocycles. The van der Waals surface area contributed by atoms with Gasteiger partial charge in [-0.2, -0.15) is 0 Å². The number of ether oxygens (including phenoxy) is 2. The lowest BCUT2D eigenvalue weighted by Gasteiger charge is -2.44. The van der Waals surface area contributed by atoms with E-state index in [0.717, 1.165) is 12.0 Å². The van der Waals surface area contributed by atoms with Crippen molar-refractivity contribution in [3.05, 3.63) is 83.9 Å². The smallest absolute Gasteiger partial charge is 0.235 e. The number of nitrogens with one attached hydrogen (secondary N) is 2. The van der Waals surface area contributed by atoms with Crippen LogP contribution in [-0.2, 0) is 20.8 Å². The van der Waals surface area contributed by atoms with Crippen molar-refractivity contribution in [3.8, 4) is 11.5 Å². The van der Waals surface area contributed by atoms with Crippen LogP contribution in [0.4, 0.5) is 11.4 Å². The van der Waals surface area contributed by atoms with Gasteiger partial charge in [0.25, 0.3) is 0 Å². The molecule has 4 unspecified atom stereocenters. The minimum absolute atomic E-state index is 0.354. The van der Waals surface area contributed by atoms with Crippen molar-refractivity contribution >= 4 is 29.0 Å². The fourth-order valence-corrected chi connectivity index (χ4v) is 5.59. The molecule has 216 valence electrons. The zero-order valence-corrected chi connectivity index (χ0v) is 24.0. The van der Waals surface area contributed by atoms with Crippen LogP contribution < -0.4 is 20.1 Å². The third-order valence-electron chi connectivity index (χ3n) is 7.49. The summed E-state index contributed by atoms with van der Waals surface area (Å²) in [4.78, 5) is 41.5. The van der Waals surface area contributed by atoms with Crippen molar-refractivity contribution in [1.82, 2.24) is 0 Å². The van der Waals surface area contributed by atoms with Gasteiger partial charge in [-0.3, -0.25) is 14.4 Å². The molecule has 1 saturated carbocycles. The van der Waals surface area contributed by atoms with E-state index in [9.17, 15) is 19.5 Å². The summed E-state index contributed by atoms with van der Waals surface area (Å²) in [5.41, 5.74) is 0.846. The topological polar surface area (TPSA) is 114 Å². The van der Waals surface area contributed by atoms with Crippen LogP contribution in [-0.4, -0.2) is 41.5 Å². The number of aliphatic hydroxyl groups is 1. The molecule has 0 spiro atoms. The quantitative estimate of drug-likeness (QED) is 0.289. The number of carbonyl (C=O) groups is 3. The standard InChI is InChI=1S/C33H38N2O6/c1-5-21-16-18-22(19-17-21)28-29(31(37)34-23-12-8-10-14-26(23)40-6-2)25(36)20-33(4,39)30(28)32(38)35-24-13-9-11-15-27(24)41-7-3/h8-19,28-30,39H,5-7,20H2,1-4H3,(H,34,37)(H,35,38). The van der Waals surface area contributed by atoms with E-state index in [4.69, 9.17) is 9.47 Å². The molecule has 2 amide bonds. The van der Waals surface area contributed by atoms with Crippen molar-refractivity contribution in [2.45, 2.75) is 52.1 Å². The van der Waals surface area contributed by atoms with E-state index in [1.165, 1.54) is 6.92 Å². The fraction of sp³-hybridized carbons (Fsp3) is 0.364. The molecule has 3 aromatic carbocycles. The van der Waals surface area contributed by atoms with Crippen LogP contribution in [0.15, 0.2) is 72.8 Å². The molecular formula is C33H38N2O6. The molecule has 0 aliphatic heterocycles. The van der Waals surface area contributed by atoms with Crippen LogP contribution in [0.25, 0.3) is 0 Å². The number of Topliss-reactive ketones (excluding diaryl/α,β-unsaturated/α-hetero) is 1. The number of hydrogen-bond acceptors (Lipinski definition) is 6. The highest BCUT2D eigenvalue weighted by Gasteiger charge is 2.56. The number of benzene rings is 3. The van der Waals surface area contributed by atoms with Crippen LogP contribution in [0, 0.1) is 11.8 Å². The zero-order valence-electron chi connectivity index (χ0n) is 24.0. The number of amides is 2. The van der Waals surface area contributed by atoms with E-state index in [0.29, 0.717) is 41.7 Å². The minimum atomic E-state index is -1.71. The van der Waals surface area contributed by atoms with Crippen LogP contribution in [0.3, 0.4) is 0 Å². The second-order valence-electron chi connectivity index (χ2n) is 10.4. The molecule has 4 atom stereocenters. The molecule has 1 aliphatic rings. The number of ketones is 1. The van der Waals surface area contributed by atoms with Crippen LogP contribution >= 0.6 is 0 Å². The fourth-order valence-electron chi connectivity index (χ4n) is 5.59. The average molecular weight is 559 g/mol. The molecule has 8 nitrogen and oxygen atoms in total. The van der Waals surface area contributed by atoms with Gasteiger partial charge in [0.1, 0.15) is 23.2 Å². The van der Waals surface area contributed by atoms with Crippen molar-refractivity contribution in [2.75, 3.05) is 23.8 Å². The van der Waals surface area contributed by atoms with Gasteiger partial charge in [-0.1, -0.05) is 55.5 Å². The van der Waals surface area contributed by atoms with Gasteiger partial charge in [-0.15, -0.1) is 0 Å². The normalized spacial score (nSPS) is 22.1. The van der Waals surface area contributed by atoms with Gasteiger partial charge in [0.15, 0.2) is 0 Å². The highest BCUT2D eigenvalue weighted by Crippen LogP contribution is 2.47. The Morgan fingerprint density at radius 2 is 1.34 bits per heavy atom. The number of rotatable bonds is 10. The lowest BCUT2D eigenvalue weighted by atomic mass is 9.61. The first-order valence-electron chi connectivity index (χ1n) is 14.1. The predicted octanol–water partition coefficient (Wildman–Crippen LogP) is 5.36. The lowest BCUT2D eigenvalue weighted by molar-refractivity contribution is -0.150. The first-order chi connectivity index (χ1) is 19.7. The Bertz CT molecular complexity index is 1380. The Balaban J connectivity index is 1.77. The number of anilines is 2. The van der Waals surface area contributed by atoms with E-state index in [-0.39, 0.29) is 6.42 Å². The summed E-state index contributed by atoms with van der Waals surface area (Å²) >= 11 is 0. The molecular weight excluding hydrogens is 520 g/mol. The van der Waals surface area contributed by atoms with Gasteiger partial charge >= 0.3 is 0 Å². The van der Waals surface area contributed by atoms with Crippen LogP contribution in [0.1, 0.15) is 51.2 Å². The maximum Gasteiger partial charge on any atom is 0.235 e. The van der Waals surface area contributed by atoms with E-state index < -0.39 is 41.0 Å². The number of para-hydroxylation sites is 4. The van der Waals surface area contributed by atoms with Gasteiger partial charge in [0, 0.05) is 12.3 Å². The molecule has 0 aromatic heterocycles. The van der Waals surface area contributed by atoms with Gasteiger partial charge in [0.2, 0.25) is 11.8 Å². The predicted molar refractivity (Wildman–Crippen MR) is 158 cm³/mol. The summed E-state index contributed by atoms with van der Waals surface area (Å²) in [7, 11) is 0. The number of hydrogen-bond donors (Lipinski definition) is 3. The maximum atomic E-state index is 14.0. The first-order valence-corrected chi connectivity index (χ1v) is 14.1. The Morgan fingerprint density at radius 1 is 0.829 bits per heavy atom. The molecule has 0 saturated heterocycles. The molecule has 4 rings (SSSR count). The SMILES string of the molecule is CCOc1ccccc1NC(=O)C1C(=O)CC(C)(O)C(C(=O)Nc2ccccc2OCC)C1c1ccc(CC)cc1. The molecule has 0 radical (unpaired) electrons. The third-order valence-corrected chi connectivity index (χ3v) is 7.49. The third kappa shape index (κ3) is 6.60. The van der Waals surface area contributed by atoms with Gasteiger partial charge < -0.3 is 25.2 Å². The van der Waals surface area contributed by atoms with Gasteiger partial charge in [-0.05, 0) is 62.6 Å². The Kier molecular flexibility index (Phi) is 9.45. The van der Waals surface area contributed by atoms with E-state index in [1.54, 1.807) is 48.5 Å². The van der Waals surface area contributed by atoms with Crippen molar-refractivity contribution < 1.29 is 29.0 Å². The molecule has 0 bridgehead atoms. The van der Waals surface area contributed by atoms with Gasteiger partial charge in [0.05, 0.1) is 36.1 Å². The summed E-state index contributed by atoms with van der Waals surface area (Å²) in [6, 6.07) is 21.5. The van der Waals surface area contributed by atoms with Crippen molar-refractivity contribution in [1.29, 1.82) is 0 Å². The highest BCUT2D eigenvalue weighted by atomic mass is 16.5. The van der Waals surface area contributed by atoms with E-state index in [1.807, 2.05) is 45.0 Å². The first kappa shape index (κ1) is 29.8. The summed E-state index contributed by atoms with van der Waals surface area (Å²) in [6.07, 6.45) is 0.449. The molecule has 1 aliphatic carbocycles. The minimum Gasteiger partial charge on any atom is -0.492 e.